The lowest BCUT2D eigenvalue weighted by atomic mass is 10.5. The van der Waals surface area contributed by atoms with Gasteiger partial charge >= 0.3 is 6.18 Å². The summed E-state index contributed by atoms with van der Waals surface area (Å²) in [6.07, 6.45) is -3.10. The van der Waals surface area contributed by atoms with Crippen LogP contribution in [0.1, 0.15) is 9.88 Å². The maximum Gasteiger partial charge on any atom is 0.443 e. The van der Waals surface area contributed by atoms with Crippen molar-refractivity contribution in [2.75, 3.05) is 13.1 Å². The first-order valence-electron chi connectivity index (χ1n) is 3.96. The molecule has 0 saturated carbocycles. The molecule has 0 fully saturated rings. The second kappa shape index (κ2) is 4.72. The van der Waals surface area contributed by atoms with Crippen molar-refractivity contribution < 1.29 is 13.2 Å². The number of rotatable bonds is 4. The molecule has 0 amide bonds. The largest absolute Gasteiger partial charge is 0.443 e. The van der Waals surface area contributed by atoms with E-state index in [-0.39, 0.29) is 0 Å². The molecule has 1 aromatic rings. The molecular weight excluding hydrogens is 215 g/mol. The van der Waals surface area contributed by atoms with E-state index in [9.17, 15) is 13.2 Å². The lowest BCUT2D eigenvalue weighted by molar-refractivity contribution is -0.137. The van der Waals surface area contributed by atoms with E-state index in [1.54, 1.807) is 0 Å². The van der Waals surface area contributed by atoms with E-state index < -0.39 is 11.2 Å². The number of alkyl halides is 3. The van der Waals surface area contributed by atoms with Gasteiger partial charge in [-0.15, -0.1) is 11.3 Å². The number of nitrogens with one attached hydrogen (secondary N) is 1. The van der Waals surface area contributed by atoms with Crippen molar-refractivity contribution in [1.82, 2.24) is 10.3 Å². The fraction of sp³-hybridized carbons (Fsp3) is 0.571. The Morgan fingerprint density at radius 1 is 1.50 bits per heavy atom. The molecule has 0 aliphatic rings. The average Bonchev–Trinajstić information content (AvgIpc) is 2.52. The van der Waals surface area contributed by atoms with Crippen molar-refractivity contribution >= 4 is 11.3 Å². The quantitative estimate of drug-likeness (QED) is 0.757. The maximum absolute atomic E-state index is 12.1. The molecule has 0 radical (unpaired) electrons. The summed E-state index contributed by atoms with van der Waals surface area (Å²) < 4.78 is 36.3. The highest BCUT2D eigenvalue weighted by Crippen LogP contribution is 2.32. The van der Waals surface area contributed by atoms with Gasteiger partial charge in [0.05, 0.1) is 0 Å². The first-order valence-corrected chi connectivity index (χ1v) is 4.78. The van der Waals surface area contributed by atoms with E-state index >= 15 is 0 Å². The molecule has 7 heteroatoms. The molecule has 3 nitrogen and oxygen atoms in total. The van der Waals surface area contributed by atoms with Crippen LogP contribution < -0.4 is 11.1 Å². The lowest BCUT2D eigenvalue weighted by Gasteiger charge is -2.00. The molecule has 1 aromatic heterocycles. The van der Waals surface area contributed by atoms with E-state index in [0.717, 1.165) is 0 Å². The third kappa shape index (κ3) is 3.24. The summed E-state index contributed by atoms with van der Waals surface area (Å²) in [7, 11) is 0. The number of nitrogens with two attached hydrogens (primary N) is 1. The number of thiazole rings is 1. The van der Waals surface area contributed by atoms with E-state index in [1.807, 2.05) is 0 Å². The van der Waals surface area contributed by atoms with Gasteiger partial charge in [-0.3, -0.25) is 0 Å². The molecule has 0 saturated heterocycles. The summed E-state index contributed by atoms with van der Waals surface area (Å²) in [5, 5.41) is 2.09. The van der Waals surface area contributed by atoms with Crippen molar-refractivity contribution in [2.24, 2.45) is 5.73 Å². The fourth-order valence-electron chi connectivity index (χ4n) is 0.834. The third-order valence-corrected chi connectivity index (χ3v) is 2.46. The highest BCUT2D eigenvalue weighted by molar-refractivity contribution is 7.11. The van der Waals surface area contributed by atoms with Gasteiger partial charge in [0, 0.05) is 30.7 Å². The number of hydrogen-bond acceptors (Lipinski definition) is 4. The smallest absolute Gasteiger partial charge is 0.329 e. The van der Waals surface area contributed by atoms with Crippen LogP contribution in [-0.2, 0) is 12.7 Å². The summed E-state index contributed by atoms with van der Waals surface area (Å²) >= 11 is 0.651. The first-order chi connectivity index (χ1) is 6.54. The Morgan fingerprint density at radius 3 is 2.71 bits per heavy atom. The number of aromatic nitrogens is 1. The third-order valence-electron chi connectivity index (χ3n) is 1.42. The second-order valence-electron chi connectivity index (χ2n) is 2.59. The van der Waals surface area contributed by atoms with Crippen molar-refractivity contribution in [1.29, 1.82) is 0 Å². The van der Waals surface area contributed by atoms with Crippen molar-refractivity contribution in [3.63, 3.8) is 0 Å². The van der Waals surface area contributed by atoms with E-state index in [0.29, 0.717) is 35.8 Å². The topological polar surface area (TPSA) is 50.9 Å². The number of nitrogens with zero attached hydrogens (tertiary/aromatic N) is 1. The Kier molecular flexibility index (Phi) is 3.85. The van der Waals surface area contributed by atoms with Crippen LogP contribution in [0.4, 0.5) is 13.2 Å². The Labute approximate surface area is 83.1 Å². The van der Waals surface area contributed by atoms with Crippen LogP contribution in [0.25, 0.3) is 0 Å². The summed E-state index contributed by atoms with van der Waals surface area (Å²) in [5.74, 6) is 0. The molecule has 1 rings (SSSR count). The molecule has 0 atom stereocenters. The van der Waals surface area contributed by atoms with Gasteiger partial charge in [0.25, 0.3) is 0 Å². The highest BCUT2D eigenvalue weighted by atomic mass is 32.1. The number of hydrogen-bond donors (Lipinski definition) is 2. The Balaban J connectivity index is 2.51. The average molecular weight is 225 g/mol. The van der Waals surface area contributed by atoms with Crippen LogP contribution in [0.2, 0.25) is 0 Å². The molecule has 14 heavy (non-hydrogen) atoms. The van der Waals surface area contributed by atoms with Gasteiger partial charge < -0.3 is 11.1 Å². The zero-order chi connectivity index (χ0) is 10.6. The second-order valence-corrected chi connectivity index (χ2v) is 3.71. The SMILES string of the molecule is NCCNCc1cnc(C(F)(F)F)s1. The minimum absolute atomic E-state index is 0.380. The summed E-state index contributed by atoms with van der Waals surface area (Å²) in [6, 6.07) is 0. The van der Waals surface area contributed by atoms with Gasteiger partial charge in [-0.2, -0.15) is 13.2 Å². The normalized spacial score (nSPS) is 12.0. The molecular formula is C7H10F3N3S. The standard InChI is InChI=1S/C7H10F3N3S/c8-7(9,10)6-13-4-5(14-6)3-12-2-1-11/h4,12H,1-3,11H2. The van der Waals surface area contributed by atoms with Crippen LogP contribution in [0.5, 0.6) is 0 Å². The Hall–Kier alpha value is -0.660. The van der Waals surface area contributed by atoms with Gasteiger partial charge in [0.2, 0.25) is 0 Å². The number of halogens is 3. The zero-order valence-corrected chi connectivity index (χ0v) is 8.08. The van der Waals surface area contributed by atoms with E-state index in [4.69, 9.17) is 5.73 Å². The van der Waals surface area contributed by atoms with Crippen molar-refractivity contribution in [3.05, 3.63) is 16.1 Å². The predicted octanol–water partition coefficient (Wildman–Crippen LogP) is 1.21. The monoisotopic (exact) mass is 225 g/mol. The molecule has 3 N–H and O–H groups in total. The predicted molar refractivity (Wildman–Crippen MR) is 47.9 cm³/mol. The minimum Gasteiger partial charge on any atom is -0.329 e. The summed E-state index contributed by atoms with van der Waals surface area (Å²) in [4.78, 5) is 3.85. The molecule has 0 spiro atoms. The van der Waals surface area contributed by atoms with Crippen LogP contribution in [0.3, 0.4) is 0 Å². The minimum atomic E-state index is -4.34. The van der Waals surface area contributed by atoms with Gasteiger partial charge in [0.1, 0.15) is 0 Å². The van der Waals surface area contributed by atoms with Gasteiger partial charge in [0.15, 0.2) is 5.01 Å². The Bertz CT molecular complexity index is 284. The van der Waals surface area contributed by atoms with Crippen LogP contribution >= 0.6 is 11.3 Å². The molecule has 0 aromatic carbocycles. The molecule has 80 valence electrons. The van der Waals surface area contributed by atoms with Gasteiger partial charge in [-0.05, 0) is 0 Å². The van der Waals surface area contributed by atoms with Crippen LogP contribution in [0, 0.1) is 0 Å². The fourth-order valence-corrected chi connectivity index (χ4v) is 1.58. The highest BCUT2D eigenvalue weighted by Gasteiger charge is 2.34. The maximum atomic E-state index is 12.1. The van der Waals surface area contributed by atoms with Gasteiger partial charge in [-0.1, -0.05) is 0 Å². The molecule has 0 aliphatic heterocycles. The molecule has 0 bridgehead atoms. The molecule has 0 unspecified atom stereocenters. The van der Waals surface area contributed by atoms with Crippen LogP contribution in [0.15, 0.2) is 6.20 Å². The lowest BCUT2D eigenvalue weighted by Crippen LogP contribution is -2.21. The van der Waals surface area contributed by atoms with Crippen molar-refractivity contribution in [3.8, 4) is 0 Å². The van der Waals surface area contributed by atoms with E-state index in [1.165, 1.54) is 6.20 Å². The van der Waals surface area contributed by atoms with E-state index in [2.05, 4.69) is 10.3 Å². The molecule has 0 aliphatic carbocycles. The van der Waals surface area contributed by atoms with Gasteiger partial charge in [-0.25, -0.2) is 4.98 Å². The Morgan fingerprint density at radius 2 is 2.21 bits per heavy atom. The zero-order valence-electron chi connectivity index (χ0n) is 7.27. The molecule has 1 heterocycles. The summed E-state index contributed by atoms with van der Waals surface area (Å²) in [6.45, 7) is 1.43. The van der Waals surface area contributed by atoms with Crippen molar-refractivity contribution in [2.45, 2.75) is 12.7 Å². The summed E-state index contributed by atoms with van der Waals surface area (Å²) in [5.41, 5.74) is 5.21. The first kappa shape index (κ1) is 11.4. The van der Waals surface area contributed by atoms with Crippen LogP contribution in [-0.4, -0.2) is 18.1 Å².